The Balaban J connectivity index is 1.94. The number of hydrazine groups is 1. The summed E-state index contributed by atoms with van der Waals surface area (Å²) in [5.74, 6) is 0.432. The van der Waals surface area contributed by atoms with Gasteiger partial charge in [-0.15, -0.1) is 0 Å². The number of amides is 2. The van der Waals surface area contributed by atoms with Crippen molar-refractivity contribution < 1.29 is 19.1 Å². The van der Waals surface area contributed by atoms with Crippen LogP contribution in [0.2, 0.25) is 0 Å². The SMILES string of the molecule is CCCOc1ccc(C(=O)NNC(=O)C2CC=CCC2)cc1OC. The standard InChI is InChI=1S/C18H24N2O4/c1-3-11-24-15-10-9-14(12-16(15)23-2)18(22)20-19-17(21)13-7-5-4-6-8-13/h4-5,9-10,12-13H,3,6-8,11H2,1-2H3,(H,19,21)(H,20,22). The second-order valence-corrected chi connectivity index (χ2v) is 5.64. The summed E-state index contributed by atoms with van der Waals surface area (Å²) in [5, 5.41) is 0. The van der Waals surface area contributed by atoms with Gasteiger partial charge in [0.15, 0.2) is 11.5 Å². The molecule has 1 unspecified atom stereocenters. The summed E-state index contributed by atoms with van der Waals surface area (Å²) < 4.78 is 10.8. The fraction of sp³-hybridized carbons (Fsp3) is 0.444. The predicted molar refractivity (Wildman–Crippen MR) is 90.9 cm³/mol. The maximum Gasteiger partial charge on any atom is 0.269 e. The Bertz CT molecular complexity index is 613. The summed E-state index contributed by atoms with van der Waals surface area (Å²) in [6.07, 6.45) is 7.34. The number of carbonyl (C=O) groups excluding carboxylic acids is 2. The zero-order chi connectivity index (χ0) is 17.4. The molecule has 1 aromatic rings. The monoisotopic (exact) mass is 332 g/mol. The topological polar surface area (TPSA) is 76.7 Å². The predicted octanol–water partition coefficient (Wildman–Crippen LogP) is 2.60. The highest BCUT2D eigenvalue weighted by molar-refractivity contribution is 5.96. The third-order valence-corrected chi connectivity index (χ3v) is 3.83. The minimum Gasteiger partial charge on any atom is -0.493 e. The van der Waals surface area contributed by atoms with Crippen molar-refractivity contribution in [3.63, 3.8) is 0 Å². The van der Waals surface area contributed by atoms with Crippen LogP contribution in [0.4, 0.5) is 0 Å². The highest BCUT2D eigenvalue weighted by atomic mass is 16.5. The Hall–Kier alpha value is -2.50. The number of carbonyl (C=O) groups is 2. The minimum atomic E-state index is -0.393. The van der Waals surface area contributed by atoms with Gasteiger partial charge in [-0.2, -0.15) is 0 Å². The zero-order valence-electron chi connectivity index (χ0n) is 14.1. The quantitative estimate of drug-likeness (QED) is 0.620. The molecule has 2 amide bonds. The van der Waals surface area contributed by atoms with Gasteiger partial charge in [0, 0.05) is 11.5 Å². The Kier molecular flexibility index (Phi) is 6.66. The summed E-state index contributed by atoms with van der Waals surface area (Å²) in [6.45, 7) is 2.59. The van der Waals surface area contributed by atoms with Crippen LogP contribution in [0.25, 0.3) is 0 Å². The van der Waals surface area contributed by atoms with Gasteiger partial charge in [0.2, 0.25) is 5.91 Å². The molecule has 0 bridgehead atoms. The molecule has 24 heavy (non-hydrogen) atoms. The van der Waals surface area contributed by atoms with E-state index in [0.29, 0.717) is 30.1 Å². The van der Waals surface area contributed by atoms with Gasteiger partial charge in [-0.25, -0.2) is 0 Å². The molecule has 0 aromatic heterocycles. The number of allylic oxidation sites excluding steroid dienone is 2. The van der Waals surface area contributed by atoms with Crippen molar-refractivity contribution in [3.05, 3.63) is 35.9 Å². The van der Waals surface area contributed by atoms with E-state index in [4.69, 9.17) is 9.47 Å². The van der Waals surface area contributed by atoms with Crippen LogP contribution >= 0.6 is 0 Å². The Morgan fingerprint density at radius 1 is 1.21 bits per heavy atom. The smallest absolute Gasteiger partial charge is 0.269 e. The van der Waals surface area contributed by atoms with Crippen LogP contribution in [0.15, 0.2) is 30.4 Å². The van der Waals surface area contributed by atoms with Crippen LogP contribution in [-0.4, -0.2) is 25.5 Å². The number of rotatable bonds is 6. The van der Waals surface area contributed by atoms with Crippen LogP contribution in [0.5, 0.6) is 11.5 Å². The minimum absolute atomic E-state index is 0.0883. The van der Waals surface area contributed by atoms with E-state index in [1.165, 1.54) is 7.11 Å². The number of ether oxygens (including phenoxy) is 2. The molecule has 6 nitrogen and oxygen atoms in total. The van der Waals surface area contributed by atoms with E-state index < -0.39 is 5.91 Å². The van der Waals surface area contributed by atoms with Crippen molar-refractivity contribution in [1.82, 2.24) is 10.9 Å². The van der Waals surface area contributed by atoms with Gasteiger partial charge >= 0.3 is 0 Å². The van der Waals surface area contributed by atoms with E-state index in [9.17, 15) is 9.59 Å². The highest BCUT2D eigenvalue weighted by Gasteiger charge is 2.19. The van der Waals surface area contributed by atoms with Gasteiger partial charge in [0.05, 0.1) is 13.7 Å². The van der Waals surface area contributed by atoms with E-state index >= 15 is 0 Å². The Morgan fingerprint density at radius 2 is 2.04 bits per heavy atom. The van der Waals surface area contributed by atoms with E-state index in [0.717, 1.165) is 19.3 Å². The van der Waals surface area contributed by atoms with E-state index in [1.54, 1.807) is 18.2 Å². The number of benzene rings is 1. The van der Waals surface area contributed by atoms with Crippen molar-refractivity contribution in [3.8, 4) is 11.5 Å². The van der Waals surface area contributed by atoms with Crippen LogP contribution < -0.4 is 20.3 Å². The van der Waals surface area contributed by atoms with Gasteiger partial charge in [0.1, 0.15) is 0 Å². The van der Waals surface area contributed by atoms with Crippen molar-refractivity contribution in [1.29, 1.82) is 0 Å². The first-order valence-electron chi connectivity index (χ1n) is 8.21. The van der Waals surface area contributed by atoms with Crippen molar-refractivity contribution >= 4 is 11.8 Å². The first-order chi connectivity index (χ1) is 11.7. The van der Waals surface area contributed by atoms with E-state index in [1.807, 2.05) is 13.0 Å². The number of nitrogens with one attached hydrogen (secondary N) is 2. The second-order valence-electron chi connectivity index (χ2n) is 5.64. The molecule has 0 spiro atoms. The lowest BCUT2D eigenvalue weighted by Crippen LogP contribution is -2.44. The summed E-state index contributed by atoms with van der Waals surface area (Å²) >= 11 is 0. The molecule has 0 saturated heterocycles. The summed E-state index contributed by atoms with van der Waals surface area (Å²) in [5.41, 5.74) is 5.33. The van der Waals surface area contributed by atoms with Gasteiger partial charge in [-0.05, 0) is 43.9 Å². The fourth-order valence-electron chi connectivity index (χ4n) is 2.46. The van der Waals surface area contributed by atoms with Gasteiger partial charge < -0.3 is 9.47 Å². The molecule has 0 radical (unpaired) electrons. The number of methoxy groups -OCH3 is 1. The van der Waals surface area contributed by atoms with Crippen molar-refractivity contribution in [2.45, 2.75) is 32.6 Å². The average Bonchev–Trinajstić information content (AvgIpc) is 2.64. The Labute approximate surface area is 142 Å². The molecular weight excluding hydrogens is 308 g/mol. The molecule has 6 heteroatoms. The number of hydrogen-bond donors (Lipinski definition) is 2. The molecule has 2 rings (SSSR count). The average molecular weight is 332 g/mol. The maximum absolute atomic E-state index is 12.2. The normalized spacial score (nSPS) is 16.3. The molecule has 1 atom stereocenters. The molecule has 0 heterocycles. The molecule has 0 fully saturated rings. The van der Waals surface area contributed by atoms with E-state index in [-0.39, 0.29) is 11.8 Å². The largest absolute Gasteiger partial charge is 0.493 e. The molecule has 1 aromatic carbocycles. The summed E-state index contributed by atoms with van der Waals surface area (Å²) in [6, 6.07) is 4.92. The maximum atomic E-state index is 12.2. The van der Waals surface area contributed by atoms with Gasteiger partial charge in [0.25, 0.3) is 5.91 Å². The third kappa shape index (κ3) is 4.75. The van der Waals surface area contributed by atoms with Crippen LogP contribution in [0.1, 0.15) is 43.0 Å². The third-order valence-electron chi connectivity index (χ3n) is 3.83. The lowest BCUT2D eigenvalue weighted by Gasteiger charge is -2.17. The van der Waals surface area contributed by atoms with Crippen LogP contribution in [0, 0.1) is 5.92 Å². The molecule has 2 N–H and O–H groups in total. The summed E-state index contributed by atoms with van der Waals surface area (Å²) in [7, 11) is 1.52. The molecular formula is C18H24N2O4. The lowest BCUT2D eigenvalue weighted by molar-refractivity contribution is -0.126. The van der Waals surface area contributed by atoms with Crippen molar-refractivity contribution in [2.24, 2.45) is 5.92 Å². The first-order valence-corrected chi connectivity index (χ1v) is 8.21. The summed E-state index contributed by atoms with van der Waals surface area (Å²) in [4.78, 5) is 24.2. The molecule has 0 aliphatic heterocycles. The molecule has 130 valence electrons. The number of hydrogen-bond acceptors (Lipinski definition) is 4. The van der Waals surface area contributed by atoms with Crippen LogP contribution in [-0.2, 0) is 4.79 Å². The second kappa shape index (κ2) is 8.96. The van der Waals surface area contributed by atoms with Gasteiger partial charge in [-0.1, -0.05) is 19.1 Å². The highest BCUT2D eigenvalue weighted by Crippen LogP contribution is 2.28. The zero-order valence-corrected chi connectivity index (χ0v) is 14.1. The lowest BCUT2D eigenvalue weighted by atomic mass is 9.94. The first kappa shape index (κ1) is 17.8. The molecule has 1 aliphatic carbocycles. The Morgan fingerprint density at radius 3 is 2.71 bits per heavy atom. The van der Waals surface area contributed by atoms with Gasteiger partial charge in [-0.3, -0.25) is 20.4 Å². The van der Waals surface area contributed by atoms with Crippen molar-refractivity contribution in [2.75, 3.05) is 13.7 Å². The molecule has 1 aliphatic rings. The fourth-order valence-corrected chi connectivity index (χ4v) is 2.46. The van der Waals surface area contributed by atoms with E-state index in [2.05, 4.69) is 16.9 Å². The molecule has 0 saturated carbocycles. The van der Waals surface area contributed by atoms with Crippen LogP contribution in [0.3, 0.4) is 0 Å².